The second kappa shape index (κ2) is 7.03. The Labute approximate surface area is 145 Å². The van der Waals surface area contributed by atoms with Gasteiger partial charge in [0.25, 0.3) is 10.0 Å². The van der Waals surface area contributed by atoms with Crippen LogP contribution in [0.4, 0.5) is 14.5 Å². The van der Waals surface area contributed by atoms with Gasteiger partial charge in [-0.05, 0) is 48.0 Å². The molecule has 3 rings (SSSR count). The van der Waals surface area contributed by atoms with Gasteiger partial charge in [-0.2, -0.15) is 0 Å². The van der Waals surface area contributed by atoms with Gasteiger partial charge in [0.1, 0.15) is 11.6 Å². The minimum atomic E-state index is -4.02. The molecule has 128 valence electrons. The zero-order chi connectivity index (χ0) is 17.9. The van der Waals surface area contributed by atoms with Gasteiger partial charge in [0, 0.05) is 0 Å². The van der Waals surface area contributed by atoms with Gasteiger partial charge in [-0.1, -0.05) is 36.4 Å². The fraction of sp³-hybridized carbons (Fsp3) is 0.0526. The Morgan fingerprint density at radius 2 is 1.40 bits per heavy atom. The van der Waals surface area contributed by atoms with Crippen LogP contribution >= 0.6 is 0 Å². The highest BCUT2D eigenvalue weighted by molar-refractivity contribution is 7.92. The molecule has 3 aromatic rings. The summed E-state index contributed by atoms with van der Waals surface area (Å²) in [5.74, 6) is -1.09. The van der Waals surface area contributed by atoms with E-state index < -0.39 is 21.7 Å². The first-order valence-electron chi connectivity index (χ1n) is 7.54. The van der Waals surface area contributed by atoms with E-state index in [9.17, 15) is 17.2 Å². The Bertz CT molecular complexity index is 975. The van der Waals surface area contributed by atoms with Crippen molar-refractivity contribution in [3.05, 3.63) is 96.1 Å². The van der Waals surface area contributed by atoms with Crippen molar-refractivity contribution < 1.29 is 17.2 Å². The monoisotopic (exact) mass is 359 g/mol. The second-order valence-corrected chi connectivity index (χ2v) is 7.30. The summed E-state index contributed by atoms with van der Waals surface area (Å²) >= 11 is 0. The van der Waals surface area contributed by atoms with E-state index in [1.54, 1.807) is 36.4 Å². The van der Waals surface area contributed by atoms with Gasteiger partial charge in [-0.3, -0.25) is 4.31 Å². The van der Waals surface area contributed by atoms with Crippen LogP contribution in [0.15, 0.2) is 83.8 Å². The van der Waals surface area contributed by atoms with E-state index in [0.717, 1.165) is 10.4 Å². The maximum atomic E-state index is 13.5. The molecule has 0 saturated carbocycles. The highest BCUT2D eigenvalue weighted by atomic mass is 32.2. The molecule has 0 aliphatic heterocycles. The Morgan fingerprint density at radius 3 is 2.04 bits per heavy atom. The van der Waals surface area contributed by atoms with Gasteiger partial charge >= 0.3 is 0 Å². The lowest BCUT2D eigenvalue weighted by Gasteiger charge is -2.24. The quantitative estimate of drug-likeness (QED) is 0.679. The van der Waals surface area contributed by atoms with Crippen molar-refractivity contribution in [2.75, 3.05) is 4.31 Å². The average molecular weight is 359 g/mol. The third-order valence-electron chi connectivity index (χ3n) is 3.64. The molecule has 0 fully saturated rings. The highest BCUT2D eigenvalue weighted by Gasteiger charge is 2.25. The topological polar surface area (TPSA) is 37.4 Å². The lowest BCUT2D eigenvalue weighted by Crippen LogP contribution is -2.30. The molecule has 3 nitrogen and oxygen atoms in total. The molecule has 3 aromatic carbocycles. The number of nitrogens with zero attached hydrogens (tertiary/aromatic N) is 1. The van der Waals surface area contributed by atoms with Crippen LogP contribution in [-0.4, -0.2) is 8.42 Å². The second-order valence-electron chi connectivity index (χ2n) is 5.43. The number of anilines is 1. The van der Waals surface area contributed by atoms with E-state index in [0.29, 0.717) is 11.3 Å². The van der Waals surface area contributed by atoms with Gasteiger partial charge in [-0.15, -0.1) is 0 Å². The predicted octanol–water partition coefficient (Wildman–Crippen LogP) is 4.36. The minimum absolute atomic E-state index is 0.0688. The number of hydrogen-bond donors (Lipinski definition) is 0. The number of para-hydroxylation sites is 1. The summed E-state index contributed by atoms with van der Waals surface area (Å²) in [5.41, 5.74) is 0.903. The molecular formula is C19H15F2NO2S. The molecule has 25 heavy (non-hydrogen) atoms. The van der Waals surface area contributed by atoms with Crippen molar-refractivity contribution in [2.24, 2.45) is 0 Å². The summed E-state index contributed by atoms with van der Waals surface area (Å²) in [7, 11) is -4.02. The summed E-state index contributed by atoms with van der Waals surface area (Å²) < 4.78 is 54.2. The maximum absolute atomic E-state index is 13.5. The third kappa shape index (κ3) is 3.85. The van der Waals surface area contributed by atoms with E-state index in [1.165, 1.54) is 36.4 Å². The Balaban J connectivity index is 2.08. The molecule has 0 unspecified atom stereocenters. The van der Waals surface area contributed by atoms with Gasteiger partial charge in [0.15, 0.2) is 0 Å². The molecule has 0 aliphatic carbocycles. The van der Waals surface area contributed by atoms with Crippen LogP contribution in [0.25, 0.3) is 0 Å². The van der Waals surface area contributed by atoms with Crippen molar-refractivity contribution in [1.29, 1.82) is 0 Å². The summed E-state index contributed by atoms with van der Waals surface area (Å²) in [6.07, 6.45) is 0. The predicted molar refractivity (Wildman–Crippen MR) is 92.6 cm³/mol. The van der Waals surface area contributed by atoms with Crippen LogP contribution in [0.2, 0.25) is 0 Å². The van der Waals surface area contributed by atoms with Crippen molar-refractivity contribution >= 4 is 15.7 Å². The molecule has 0 spiro atoms. The molecule has 0 saturated heterocycles. The van der Waals surface area contributed by atoms with Crippen LogP contribution < -0.4 is 4.31 Å². The van der Waals surface area contributed by atoms with Crippen LogP contribution in [0.5, 0.6) is 0 Å². The zero-order valence-electron chi connectivity index (χ0n) is 13.1. The first-order valence-corrected chi connectivity index (χ1v) is 8.98. The fourth-order valence-corrected chi connectivity index (χ4v) is 3.95. The number of rotatable bonds is 5. The molecular weight excluding hydrogens is 344 g/mol. The Morgan fingerprint density at radius 1 is 0.760 bits per heavy atom. The SMILES string of the molecule is O=S(=O)(c1cccc(F)c1)N(Cc1cccc(F)c1)c1ccccc1. The minimum Gasteiger partial charge on any atom is -0.262 e. The van der Waals surface area contributed by atoms with Crippen molar-refractivity contribution in [3.63, 3.8) is 0 Å². The Kier molecular flexibility index (Phi) is 4.81. The van der Waals surface area contributed by atoms with Crippen LogP contribution in [0, 0.1) is 11.6 Å². The average Bonchev–Trinajstić information content (AvgIpc) is 2.60. The maximum Gasteiger partial charge on any atom is 0.264 e. The first kappa shape index (κ1) is 17.1. The molecule has 0 aliphatic rings. The standard InChI is InChI=1S/C19H15F2NO2S/c20-16-7-4-6-15(12-16)14-22(18-9-2-1-3-10-18)25(23,24)19-11-5-8-17(21)13-19/h1-13H,14H2. The molecule has 0 heterocycles. The molecule has 0 N–H and O–H groups in total. The highest BCUT2D eigenvalue weighted by Crippen LogP contribution is 2.26. The van der Waals surface area contributed by atoms with E-state index in [1.807, 2.05) is 0 Å². The largest absolute Gasteiger partial charge is 0.264 e. The number of benzene rings is 3. The summed E-state index contributed by atoms with van der Waals surface area (Å²) in [6, 6.07) is 19.0. The lowest BCUT2D eigenvalue weighted by molar-refractivity contribution is 0.585. The zero-order valence-corrected chi connectivity index (χ0v) is 14.0. The summed E-state index contributed by atoms with van der Waals surface area (Å²) in [6.45, 7) is -0.0688. The van der Waals surface area contributed by atoms with Gasteiger partial charge < -0.3 is 0 Å². The fourth-order valence-electron chi connectivity index (χ4n) is 2.47. The van der Waals surface area contributed by atoms with Crippen LogP contribution in [0.3, 0.4) is 0 Å². The Hall–Kier alpha value is -2.73. The van der Waals surface area contributed by atoms with Crippen LogP contribution in [-0.2, 0) is 16.6 Å². The molecule has 0 atom stereocenters. The van der Waals surface area contributed by atoms with Gasteiger partial charge in [-0.25, -0.2) is 17.2 Å². The summed E-state index contributed by atoms with van der Waals surface area (Å²) in [4.78, 5) is -0.159. The van der Waals surface area contributed by atoms with Crippen molar-refractivity contribution in [2.45, 2.75) is 11.4 Å². The number of hydrogen-bond acceptors (Lipinski definition) is 2. The third-order valence-corrected chi connectivity index (χ3v) is 5.41. The molecule has 0 bridgehead atoms. The smallest absolute Gasteiger partial charge is 0.262 e. The normalized spacial score (nSPS) is 11.3. The number of sulfonamides is 1. The van der Waals surface area contributed by atoms with Crippen LogP contribution in [0.1, 0.15) is 5.56 Å². The van der Waals surface area contributed by atoms with E-state index >= 15 is 0 Å². The molecule has 0 aromatic heterocycles. The van der Waals surface area contributed by atoms with Crippen molar-refractivity contribution in [3.8, 4) is 0 Å². The number of halogens is 2. The van der Waals surface area contributed by atoms with Crippen molar-refractivity contribution in [1.82, 2.24) is 0 Å². The lowest BCUT2D eigenvalue weighted by atomic mass is 10.2. The first-order chi connectivity index (χ1) is 12.0. The van der Waals surface area contributed by atoms with E-state index in [-0.39, 0.29) is 11.4 Å². The van der Waals surface area contributed by atoms with E-state index in [4.69, 9.17) is 0 Å². The van der Waals surface area contributed by atoms with Gasteiger partial charge in [0.05, 0.1) is 17.1 Å². The molecule has 0 radical (unpaired) electrons. The molecule has 6 heteroatoms. The molecule has 0 amide bonds. The van der Waals surface area contributed by atoms with Gasteiger partial charge in [0.2, 0.25) is 0 Å². The van der Waals surface area contributed by atoms with E-state index in [2.05, 4.69) is 0 Å². The summed E-state index contributed by atoms with van der Waals surface area (Å²) in [5, 5.41) is 0.